The second kappa shape index (κ2) is 12.7. The summed E-state index contributed by atoms with van der Waals surface area (Å²) < 4.78 is 22.3. The van der Waals surface area contributed by atoms with Crippen molar-refractivity contribution in [1.29, 1.82) is 0 Å². The Balaban J connectivity index is 1.40. The molecule has 4 aromatic rings. The highest BCUT2D eigenvalue weighted by Crippen LogP contribution is 2.33. The van der Waals surface area contributed by atoms with Crippen molar-refractivity contribution in [1.82, 2.24) is 9.80 Å². The summed E-state index contributed by atoms with van der Waals surface area (Å²) in [5.41, 5.74) is 1.47. The molecule has 2 amide bonds. The molecule has 3 aromatic carbocycles. The highest BCUT2D eigenvalue weighted by Gasteiger charge is 2.25. The molecule has 0 saturated carbocycles. The second-order valence-corrected chi connectivity index (χ2v) is 9.75. The first-order valence-corrected chi connectivity index (χ1v) is 13.6. The zero-order chi connectivity index (χ0) is 27.9. The summed E-state index contributed by atoms with van der Waals surface area (Å²) in [6.45, 7) is 6.02. The molecule has 8 nitrogen and oxygen atoms in total. The SMILES string of the molecule is CCOCCCN(CC(=O)N(Cc1ccc2c(c1)OCO2)Cc1ccc(C)o1)C(=O)c1cccc2ccccc12. The number of carbonyl (C=O) groups is 2. The van der Waals surface area contributed by atoms with Crippen LogP contribution in [0.25, 0.3) is 10.8 Å². The van der Waals surface area contributed by atoms with Gasteiger partial charge in [0.25, 0.3) is 5.91 Å². The lowest BCUT2D eigenvalue weighted by molar-refractivity contribution is -0.133. The summed E-state index contributed by atoms with van der Waals surface area (Å²) in [5, 5.41) is 1.84. The Morgan fingerprint density at radius 2 is 1.73 bits per heavy atom. The Labute approximate surface area is 234 Å². The van der Waals surface area contributed by atoms with E-state index in [1.54, 1.807) is 9.80 Å². The van der Waals surface area contributed by atoms with E-state index in [9.17, 15) is 9.59 Å². The van der Waals surface area contributed by atoms with Crippen molar-refractivity contribution >= 4 is 22.6 Å². The summed E-state index contributed by atoms with van der Waals surface area (Å²) in [5.74, 6) is 2.42. The second-order valence-electron chi connectivity index (χ2n) is 9.75. The van der Waals surface area contributed by atoms with Gasteiger partial charge in [-0.1, -0.05) is 42.5 Å². The molecule has 0 aliphatic carbocycles. The monoisotopic (exact) mass is 542 g/mol. The quantitative estimate of drug-likeness (QED) is 0.218. The average Bonchev–Trinajstić information content (AvgIpc) is 3.61. The first-order valence-electron chi connectivity index (χ1n) is 13.6. The van der Waals surface area contributed by atoms with E-state index >= 15 is 0 Å². The molecule has 0 N–H and O–H groups in total. The maximum Gasteiger partial charge on any atom is 0.254 e. The van der Waals surface area contributed by atoms with Crippen molar-refractivity contribution in [2.45, 2.75) is 33.4 Å². The van der Waals surface area contributed by atoms with Crippen LogP contribution in [0.3, 0.4) is 0 Å². The molecule has 0 bridgehead atoms. The lowest BCUT2D eigenvalue weighted by Gasteiger charge is -2.28. The molecule has 0 unspecified atom stereocenters. The Morgan fingerprint density at radius 3 is 2.55 bits per heavy atom. The highest BCUT2D eigenvalue weighted by atomic mass is 16.7. The Bertz CT molecular complexity index is 1470. The molecule has 0 atom stereocenters. The maximum atomic E-state index is 13.9. The molecule has 0 radical (unpaired) electrons. The molecule has 208 valence electrons. The molecule has 0 fully saturated rings. The molecule has 1 aliphatic heterocycles. The molecule has 0 spiro atoms. The third-order valence-electron chi connectivity index (χ3n) is 6.86. The van der Waals surface area contributed by atoms with Crippen molar-refractivity contribution in [2.24, 2.45) is 0 Å². The third kappa shape index (κ3) is 6.46. The number of ether oxygens (including phenoxy) is 3. The first-order chi connectivity index (χ1) is 19.5. The number of amides is 2. The van der Waals surface area contributed by atoms with Gasteiger partial charge in [0.1, 0.15) is 18.1 Å². The van der Waals surface area contributed by atoms with Crippen LogP contribution < -0.4 is 9.47 Å². The van der Waals surface area contributed by atoms with E-state index < -0.39 is 0 Å². The number of rotatable bonds is 12. The fourth-order valence-electron chi connectivity index (χ4n) is 4.85. The number of furan rings is 1. The fourth-order valence-corrected chi connectivity index (χ4v) is 4.85. The van der Waals surface area contributed by atoms with Gasteiger partial charge in [-0.3, -0.25) is 9.59 Å². The minimum absolute atomic E-state index is 0.0710. The van der Waals surface area contributed by atoms with E-state index in [2.05, 4.69) is 0 Å². The average molecular weight is 543 g/mol. The van der Waals surface area contributed by atoms with Crippen molar-refractivity contribution in [3.05, 3.63) is 95.4 Å². The highest BCUT2D eigenvalue weighted by molar-refractivity contribution is 6.07. The third-order valence-corrected chi connectivity index (χ3v) is 6.86. The van der Waals surface area contributed by atoms with Gasteiger partial charge in [0, 0.05) is 31.9 Å². The van der Waals surface area contributed by atoms with Gasteiger partial charge >= 0.3 is 0 Å². The molecule has 8 heteroatoms. The van der Waals surface area contributed by atoms with Crippen LogP contribution in [0.5, 0.6) is 11.5 Å². The number of carbonyl (C=O) groups excluding carboxylic acids is 2. The lowest BCUT2D eigenvalue weighted by Crippen LogP contribution is -2.43. The van der Waals surface area contributed by atoms with Gasteiger partial charge in [-0.2, -0.15) is 0 Å². The fraction of sp³-hybridized carbons (Fsp3) is 0.312. The van der Waals surface area contributed by atoms with Gasteiger partial charge in [-0.05, 0) is 66.9 Å². The van der Waals surface area contributed by atoms with Crippen LogP contribution in [0, 0.1) is 6.92 Å². The summed E-state index contributed by atoms with van der Waals surface area (Å²) in [4.78, 5) is 31.1. The van der Waals surface area contributed by atoms with Gasteiger partial charge < -0.3 is 28.4 Å². The van der Waals surface area contributed by atoms with E-state index in [4.69, 9.17) is 18.6 Å². The van der Waals surface area contributed by atoms with Crippen LogP contribution in [0.2, 0.25) is 0 Å². The molecule has 1 aromatic heterocycles. The Kier molecular flexibility index (Phi) is 8.66. The molecule has 1 aliphatic rings. The van der Waals surface area contributed by atoms with Gasteiger partial charge in [0.15, 0.2) is 11.5 Å². The standard InChI is InChI=1S/C32H34N2O6/c1-3-37-17-7-16-33(32(36)28-11-6-9-25-8-4-5-10-27(25)28)21-31(35)34(20-26-14-12-23(2)40-26)19-24-13-15-29-30(18-24)39-22-38-29/h4-6,8-15,18H,3,7,16-17,19-22H2,1-2H3. The molecule has 0 saturated heterocycles. The smallest absolute Gasteiger partial charge is 0.254 e. The van der Waals surface area contributed by atoms with Gasteiger partial charge in [0.2, 0.25) is 12.7 Å². The summed E-state index contributed by atoms with van der Waals surface area (Å²) in [6, 6.07) is 22.9. The number of nitrogens with zero attached hydrogens (tertiary/aromatic N) is 2. The van der Waals surface area contributed by atoms with Crippen LogP contribution in [0.4, 0.5) is 0 Å². The number of hydrogen-bond donors (Lipinski definition) is 0. The minimum Gasteiger partial charge on any atom is -0.464 e. The topological polar surface area (TPSA) is 81.5 Å². The largest absolute Gasteiger partial charge is 0.464 e. The van der Waals surface area contributed by atoms with Crippen LogP contribution >= 0.6 is 0 Å². The van der Waals surface area contributed by atoms with Gasteiger partial charge in [-0.15, -0.1) is 0 Å². The number of aryl methyl sites for hydroxylation is 1. The van der Waals surface area contributed by atoms with Crippen LogP contribution in [-0.4, -0.2) is 54.7 Å². The van der Waals surface area contributed by atoms with Crippen molar-refractivity contribution in [3.63, 3.8) is 0 Å². The molecular weight excluding hydrogens is 508 g/mol. The zero-order valence-electron chi connectivity index (χ0n) is 22.9. The number of benzene rings is 3. The lowest BCUT2D eigenvalue weighted by atomic mass is 10.0. The molecule has 5 rings (SSSR count). The Morgan fingerprint density at radius 1 is 0.900 bits per heavy atom. The first kappa shape index (κ1) is 27.3. The summed E-state index contributed by atoms with van der Waals surface area (Å²) in [7, 11) is 0. The predicted molar refractivity (Wildman–Crippen MR) is 151 cm³/mol. The predicted octanol–water partition coefficient (Wildman–Crippen LogP) is 5.57. The van der Waals surface area contributed by atoms with E-state index in [-0.39, 0.29) is 31.7 Å². The zero-order valence-corrected chi connectivity index (χ0v) is 22.9. The van der Waals surface area contributed by atoms with Gasteiger partial charge in [-0.25, -0.2) is 0 Å². The van der Waals surface area contributed by atoms with Crippen LogP contribution in [0.1, 0.15) is 40.8 Å². The molecular formula is C32H34N2O6. The van der Waals surface area contributed by atoms with Crippen molar-refractivity contribution in [2.75, 3.05) is 33.1 Å². The maximum absolute atomic E-state index is 13.9. The minimum atomic E-state index is -0.184. The summed E-state index contributed by atoms with van der Waals surface area (Å²) >= 11 is 0. The van der Waals surface area contributed by atoms with E-state index in [1.807, 2.05) is 86.6 Å². The number of fused-ring (bicyclic) bond motifs is 2. The molecule has 40 heavy (non-hydrogen) atoms. The molecule has 2 heterocycles. The normalized spacial score (nSPS) is 12.1. The van der Waals surface area contributed by atoms with Gasteiger partial charge in [0.05, 0.1) is 6.54 Å². The number of hydrogen-bond acceptors (Lipinski definition) is 6. The van der Waals surface area contributed by atoms with Crippen LogP contribution in [0.15, 0.2) is 77.2 Å². The van der Waals surface area contributed by atoms with Crippen molar-refractivity contribution < 1.29 is 28.2 Å². The van der Waals surface area contributed by atoms with Crippen molar-refractivity contribution in [3.8, 4) is 11.5 Å². The Hall–Kier alpha value is -4.30. The van der Waals surface area contributed by atoms with E-state index in [1.165, 1.54) is 0 Å². The summed E-state index contributed by atoms with van der Waals surface area (Å²) in [6.07, 6.45) is 0.622. The van der Waals surface area contributed by atoms with E-state index in [0.717, 1.165) is 22.1 Å². The van der Waals surface area contributed by atoms with E-state index in [0.29, 0.717) is 55.5 Å². The van der Waals surface area contributed by atoms with Crippen LogP contribution in [-0.2, 0) is 22.6 Å².